The van der Waals surface area contributed by atoms with Gasteiger partial charge in [-0.05, 0) is 50.1 Å². The molecule has 2 aromatic carbocycles. The van der Waals surface area contributed by atoms with Gasteiger partial charge in [0.25, 0.3) is 5.91 Å². The minimum Gasteiger partial charge on any atom is -0.449 e. The molecule has 2 N–H and O–H groups in total. The van der Waals surface area contributed by atoms with Crippen LogP contribution in [0.1, 0.15) is 34.0 Å². The molecule has 0 spiro atoms. The van der Waals surface area contributed by atoms with Crippen molar-refractivity contribution < 1.29 is 32.3 Å². The van der Waals surface area contributed by atoms with Crippen LogP contribution in [-0.4, -0.2) is 30.4 Å². The summed E-state index contributed by atoms with van der Waals surface area (Å²) in [4.78, 5) is 36.2. The van der Waals surface area contributed by atoms with E-state index in [4.69, 9.17) is 4.74 Å². The topological polar surface area (TPSA) is 84.5 Å². The number of rotatable bonds is 6. The number of alkyl halides is 3. The van der Waals surface area contributed by atoms with Gasteiger partial charge in [0.15, 0.2) is 6.10 Å². The summed E-state index contributed by atoms with van der Waals surface area (Å²) in [6.07, 6.45) is -5.91. The predicted molar refractivity (Wildman–Crippen MR) is 104 cm³/mol. The minimum atomic E-state index is -4.61. The molecule has 0 saturated carbocycles. The Hall–Kier alpha value is -3.36. The number of halogens is 3. The van der Waals surface area contributed by atoms with Crippen molar-refractivity contribution in [3.05, 3.63) is 64.7 Å². The summed E-state index contributed by atoms with van der Waals surface area (Å²) in [5.74, 6) is -2.31. The molecule has 0 saturated heterocycles. The van der Waals surface area contributed by atoms with Crippen LogP contribution < -0.4 is 10.6 Å². The molecule has 0 radical (unpaired) electrons. The first-order valence-corrected chi connectivity index (χ1v) is 9.01. The van der Waals surface area contributed by atoms with E-state index in [-0.39, 0.29) is 12.1 Å². The average Bonchev–Trinajstić information content (AvgIpc) is 2.68. The van der Waals surface area contributed by atoms with E-state index in [1.807, 2.05) is 32.0 Å². The van der Waals surface area contributed by atoms with E-state index in [0.717, 1.165) is 29.3 Å². The molecule has 30 heavy (non-hydrogen) atoms. The van der Waals surface area contributed by atoms with Gasteiger partial charge in [0.1, 0.15) is 0 Å². The first-order valence-electron chi connectivity index (χ1n) is 9.01. The first-order chi connectivity index (χ1) is 14.0. The summed E-state index contributed by atoms with van der Waals surface area (Å²) in [6.45, 7) is 4.55. The molecule has 0 aliphatic rings. The fourth-order valence-electron chi connectivity index (χ4n) is 2.61. The Morgan fingerprint density at radius 2 is 1.63 bits per heavy atom. The molecule has 0 bridgehead atoms. The summed E-state index contributed by atoms with van der Waals surface area (Å²) in [5.41, 5.74) is 1.02. The van der Waals surface area contributed by atoms with E-state index < -0.39 is 35.6 Å². The lowest BCUT2D eigenvalue weighted by Gasteiger charge is -2.15. The summed E-state index contributed by atoms with van der Waals surface area (Å²) in [7, 11) is 0. The largest absolute Gasteiger partial charge is 0.449 e. The van der Waals surface area contributed by atoms with Crippen molar-refractivity contribution >= 4 is 23.5 Å². The molecule has 1 atom stereocenters. The van der Waals surface area contributed by atoms with Crippen LogP contribution in [0.15, 0.2) is 42.5 Å². The van der Waals surface area contributed by atoms with Crippen LogP contribution in [0, 0.1) is 13.8 Å². The van der Waals surface area contributed by atoms with Crippen LogP contribution in [-0.2, 0) is 20.5 Å². The van der Waals surface area contributed by atoms with E-state index in [9.17, 15) is 27.6 Å². The van der Waals surface area contributed by atoms with Crippen LogP contribution in [0.3, 0.4) is 0 Å². The highest BCUT2D eigenvalue weighted by Crippen LogP contribution is 2.29. The number of esters is 1. The number of para-hydroxylation sites is 1. The van der Waals surface area contributed by atoms with E-state index in [1.54, 1.807) is 0 Å². The number of nitrogens with one attached hydrogen (secondary N) is 2. The molecule has 1 unspecified atom stereocenters. The average molecular weight is 422 g/mol. The summed E-state index contributed by atoms with van der Waals surface area (Å²) in [6, 6.07) is 9.20. The van der Waals surface area contributed by atoms with Crippen LogP contribution in [0.5, 0.6) is 0 Å². The van der Waals surface area contributed by atoms with Crippen LogP contribution >= 0.6 is 0 Å². The highest BCUT2D eigenvalue weighted by Gasteiger charge is 2.31. The minimum absolute atomic E-state index is 0.336. The second kappa shape index (κ2) is 9.43. The van der Waals surface area contributed by atoms with Gasteiger partial charge in [-0.25, -0.2) is 4.79 Å². The molecule has 2 rings (SSSR count). The van der Waals surface area contributed by atoms with Crippen molar-refractivity contribution in [1.82, 2.24) is 5.32 Å². The fourth-order valence-corrected chi connectivity index (χ4v) is 2.61. The zero-order chi connectivity index (χ0) is 22.5. The lowest BCUT2D eigenvalue weighted by molar-refractivity contribution is -0.137. The smallest absolute Gasteiger partial charge is 0.416 e. The van der Waals surface area contributed by atoms with Crippen LogP contribution in [0.25, 0.3) is 0 Å². The molecule has 0 aliphatic heterocycles. The molecule has 0 heterocycles. The molecule has 2 aromatic rings. The van der Waals surface area contributed by atoms with Gasteiger partial charge >= 0.3 is 12.1 Å². The normalized spacial score (nSPS) is 12.1. The van der Waals surface area contributed by atoms with E-state index >= 15 is 0 Å². The number of carbonyl (C=O) groups excluding carboxylic acids is 3. The summed E-state index contributed by atoms with van der Waals surface area (Å²) in [5, 5.41) is 5.02. The molecule has 0 fully saturated rings. The standard InChI is InChI=1S/C21H21F3N2O4/c1-12-6-4-7-13(2)18(12)26-17(27)11-25-19(28)14(3)30-20(29)15-8-5-9-16(10-15)21(22,23)24/h4-10,14H,11H2,1-3H3,(H,25,28)(H,26,27). The Bertz CT molecular complexity index is 937. The molecular formula is C21H21F3N2O4. The molecule has 9 heteroatoms. The number of anilines is 1. The van der Waals surface area contributed by atoms with Crippen molar-refractivity contribution in [1.29, 1.82) is 0 Å². The van der Waals surface area contributed by atoms with Gasteiger partial charge in [-0.1, -0.05) is 24.3 Å². The molecule has 160 valence electrons. The quantitative estimate of drug-likeness (QED) is 0.697. The SMILES string of the molecule is Cc1cccc(C)c1NC(=O)CNC(=O)C(C)OC(=O)c1cccc(C(F)(F)F)c1. The molecular weight excluding hydrogens is 401 g/mol. The number of hydrogen-bond acceptors (Lipinski definition) is 4. The van der Waals surface area contributed by atoms with E-state index in [0.29, 0.717) is 11.8 Å². The molecule has 0 aliphatic carbocycles. The Labute approximate surface area is 171 Å². The third kappa shape index (κ3) is 6.07. The number of carbonyl (C=O) groups is 3. The predicted octanol–water partition coefficient (Wildman–Crippen LogP) is 3.62. The zero-order valence-corrected chi connectivity index (χ0v) is 16.6. The number of ether oxygens (including phenoxy) is 1. The van der Waals surface area contributed by atoms with Crippen LogP contribution in [0.4, 0.5) is 18.9 Å². The lowest BCUT2D eigenvalue weighted by Crippen LogP contribution is -2.40. The second-order valence-corrected chi connectivity index (χ2v) is 6.66. The number of hydrogen-bond donors (Lipinski definition) is 2. The van der Waals surface area contributed by atoms with Gasteiger partial charge in [0.2, 0.25) is 5.91 Å². The highest BCUT2D eigenvalue weighted by atomic mass is 19.4. The van der Waals surface area contributed by atoms with Gasteiger partial charge in [-0.2, -0.15) is 13.2 Å². The maximum Gasteiger partial charge on any atom is 0.416 e. The van der Waals surface area contributed by atoms with Crippen molar-refractivity contribution in [2.24, 2.45) is 0 Å². The first kappa shape index (κ1) is 22.9. The van der Waals surface area contributed by atoms with Gasteiger partial charge in [0, 0.05) is 5.69 Å². The zero-order valence-electron chi connectivity index (χ0n) is 16.6. The third-order valence-electron chi connectivity index (χ3n) is 4.25. The summed E-state index contributed by atoms with van der Waals surface area (Å²) >= 11 is 0. The molecule has 2 amide bonds. The number of amides is 2. The number of benzene rings is 2. The number of aryl methyl sites for hydroxylation is 2. The fraction of sp³-hybridized carbons (Fsp3) is 0.286. The van der Waals surface area contributed by atoms with Gasteiger partial charge in [-0.15, -0.1) is 0 Å². The summed E-state index contributed by atoms with van der Waals surface area (Å²) < 4.78 is 43.2. The van der Waals surface area contributed by atoms with E-state index in [1.165, 1.54) is 6.92 Å². The molecule has 0 aromatic heterocycles. The Kier molecular flexibility index (Phi) is 7.20. The maximum atomic E-state index is 12.8. The Morgan fingerprint density at radius 3 is 2.23 bits per heavy atom. The van der Waals surface area contributed by atoms with Crippen LogP contribution in [0.2, 0.25) is 0 Å². The van der Waals surface area contributed by atoms with Crippen molar-refractivity contribution in [3.63, 3.8) is 0 Å². The Morgan fingerprint density at radius 1 is 1.03 bits per heavy atom. The van der Waals surface area contributed by atoms with Gasteiger partial charge in [-0.3, -0.25) is 9.59 Å². The lowest BCUT2D eigenvalue weighted by atomic mass is 10.1. The molecule has 6 nitrogen and oxygen atoms in total. The Balaban J connectivity index is 1.90. The van der Waals surface area contributed by atoms with E-state index in [2.05, 4.69) is 10.6 Å². The van der Waals surface area contributed by atoms with Crippen molar-refractivity contribution in [2.45, 2.75) is 33.1 Å². The van der Waals surface area contributed by atoms with Gasteiger partial charge in [0.05, 0.1) is 17.7 Å². The highest BCUT2D eigenvalue weighted by molar-refractivity contribution is 5.97. The monoisotopic (exact) mass is 422 g/mol. The maximum absolute atomic E-state index is 12.8. The third-order valence-corrected chi connectivity index (χ3v) is 4.25. The van der Waals surface area contributed by atoms with Crippen molar-refractivity contribution in [2.75, 3.05) is 11.9 Å². The van der Waals surface area contributed by atoms with Gasteiger partial charge < -0.3 is 15.4 Å². The van der Waals surface area contributed by atoms with Crippen molar-refractivity contribution in [3.8, 4) is 0 Å². The second-order valence-electron chi connectivity index (χ2n) is 6.66.